The van der Waals surface area contributed by atoms with Crippen molar-refractivity contribution in [2.75, 3.05) is 26.2 Å². The highest BCUT2D eigenvalue weighted by Crippen LogP contribution is 2.21. The zero-order chi connectivity index (χ0) is 12.8. The Morgan fingerprint density at radius 1 is 1.22 bits per heavy atom. The molecule has 0 bridgehead atoms. The zero-order valence-electron chi connectivity index (χ0n) is 11.6. The molecule has 0 aliphatic carbocycles. The predicted octanol–water partition coefficient (Wildman–Crippen LogP) is 2.91. The maximum Gasteiger partial charge on any atom is 0.0233 e. The lowest BCUT2D eigenvalue weighted by Gasteiger charge is -2.19. The van der Waals surface area contributed by atoms with Gasteiger partial charge in [-0.25, -0.2) is 0 Å². The van der Waals surface area contributed by atoms with E-state index in [1.807, 2.05) is 0 Å². The van der Waals surface area contributed by atoms with Gasteiger partial charge in [0, 0.05) is 13.1 Å². The summed E-state index contributed by atoms with van der Waals surface area (Å²) in [5.41, 5.74) is 4.33. The van der Waals surface area contributed by atoms with Crippen molar-refractivity contribution in [1.29, 1.82) is 0 Å². The molecule has 0 atom stereocenters. The standard InChI is InChI=1S/C16H24N2/c1-3-18(4-2)13-14-6-5-7-16(12-14)15-8-10-17-11-9-15/h5-8,12,17H,3-4,9-11,13H2,1-2H3. The van der Waals surface area contributed by atoms with Crippen molar-refractivity contribution in [2.45, 2.75) is 26.8 Å². The van der Waals surface area contributed by atoms with E-state index in [1.54, 1.807) is 0 Å². The Morgan fingerprint density at radius 2 is 2.06 bits per heavy atom. The molecule has 0 radical (unpaired) electrons. The van der Waals surface area contributed by atoms with E-state index in [0.717, 1.165) is 39.1 Å². The number of nitrogens with one attached hydrogen (secondary N) is 1. The summed E-state index contributed by atoms with van der Waals surface area (Å²) in [6, 6.07) is 9.03. The monoisotopic (exact) mass is 244 g/mol. The molecule has 1 aliphatic rings. The van der Waals surface area contributed by atoms with Gasteiger partial charge in [0.05, 0.1) is 0 Å². The van der Waals surface area contributed by atoms with Crippen LogP contribution in [0.5, 0.6) is 0 Å². The Labute approximate surface area is 111 Å². The maximum atomic E-state index is 3.36. The summed E-state index contributed by atoms with van der Waals surface area (Å²) < 4.78 is 0. The molecule has 1 aromatic carbocycles. The van der Waals surface area contributed by atoms with Crippen LogP contribution in [-0.4, -0.2) is 31.1 Å². The molecule has 0 fully saturated rings. The molecule has 1 N–H and O–H groups in total. The Kier molecular flexibility index (Phi) is 4.97. The molecule has 1 heterocycles. The summed E-state index contributed by atoms with van der Waals surface area (Å²) in [7, 11) is 0. The summed E-state index contributed by atoms with van der Waals surface area (Å²) >= 11 is 0. The van der Waals surface area contributed by atoms with Crippen LogP contribution in [0.15, 0.2) is 30.3 Å². The summed E-state index contributed by atoms with van der Waals surface area (Å²) in [6.45, 7) is 9.86. The molecule has 1 aliphatic heterocycles. The van der Waals surface area contributed by atoms with Crippen molar-refractivity contribution >= 4 is 5.57 Å². The number of hydrogen-bond acceptors (Lipinski definition) is 2. The molecule has 0 saturated carbocycles. The van der Waals surface area contributed by atoms with Crippen LogP contribution in [0.3, 0.4) is 0 Å². The third-order valence-electron chi connectivity index (χ3n) is 3.66. The fraction of sp³-hybridized carbons (Fsp3) is 0.500. The lowest BCUT2D eigenvalue weighted by molar-refractivity contribution is 0.296. The molecule has 0 saturated heterocycles. The van der Waals surface area contributed by atoms with Gasteiger partial charge in [-0.15, -0.1) is 0 Å². The summed E-state index contributed by atoms with van der Waals surface area (Å²) in [4.78, 5) is 2.45. The summed E-state index contributed by atoms with van der Waals surface area (Å²) in [5, 5.41) is 3.36. The average Bonchev–Trinajstić information content (AvgIpc) is 2.46. The van der Waals surface area contributed by atoms with E-state index in [-0.39, 0.29) is 0 Å². The van der Waals surface area contributed by atoms with Crippen molar-refractivity contribution in [3.8, 4) is 0 Å². The molecule has 2 rings (SSSR count). The molecule has 98 valence electrons. The normalized spacial score (nSPS) is 15.8. The van der Waals surface area contributed by atoms with Crippen molar-refractivity contribution < 1.29 is 0 Å². The predicted molar refractivity (Wildman–Crippen MR) is 78.5 cm³/mol. The zero-order valence-corrected chi connectivity index (χ0v) is 11.6. The van der Waals surface area contributed by atoms with Gasteiger partial charge in [-0.1, -0.05) is 44.2 Å². The van der Waals surface area contributed by atoms with Crippen LogP contribution >= 0.6 is 0 Å². The average molecular weight is 244 g/mol. The van der Waals surface area contributed by atoms with Gasteiger partial charge < -0.3 is 5.32 Å². The molecule has 0 amide bonds. The molecular formula is C16H24N2. The molecule has 2 nitrogen and oxygen atoms in total. The van der Waals surface area contributed by atoms with E-state index in [9.17, 15) is 0 Å². The Hall–Kier alpha value is -1.12. The van der Waals surface area contributed by atoms with E-state index >= 15 is 0 Å². The fourth-order valence-electron chi connectivity index (χ4n) is 2.46. The van der Waals surface area contributed by atoms with E-state index in [4.69, 9.17) is 0 Å². The minimum Gasteiger partial charge on any atom is -0.313 e. The lowest BCUT2D eigenvalue weighted by Crippen LogP contribution is -2.22. The van der Waals surface area contributed by atoms with Gasteiger partial charge in [0.25, 0.3) is 0 Å². The summed E-state index contributed by atoms with van der Waals surface area (Å²) in [6.07, 6.45) is 3.47. The van der Waals surface area contributed by atoms with Crippen molar-refractivity contribution in [3.05, 3.63) is 41.5 Å². The largest absolute Gasteiger partial charge is 0.313 e. The second-order valence-corrected chi connectivity index (χ2v) is 4.85. The number of rotatable bonds is 5. The van der Waals surface area contributed by atoms with Gasteiger partial charge in [-0.05, 0) is 42.8 Å². The maximum absolute atomic E-state index is 3.36. The first-order valence-electron chi connectivity index (χ1n) is 7.05. The first-order valence-corrected chi connectivity index (χ1v) is 7.05. The van der Waals surface area contributed by atoms with Crippen LogP contribution < -0.4 is 5.32 Å². The second kappa shape index (κ2) is 6.72. The van der Waals surface area contributed by atoms with Crippen LogP contribution in [0.1, 0.15) is 31.4 Å². The SMILES string of the molecule is CCN(CC)Cc1cccc(C2=CCNCC2)c1. The molecular weight excluding hydrogens is 220 g/mol. The molecule has 18 heavy (non-hydrogen) atoms. The Balaban J connectivity index is 2.11. The number of hydrogen-bond donors (Lipinski definition) is 1. The second-order valence-electron chi connectivity index (χ2n) is 4.85. The molecule has 0 unspecified atom stereocenters. The highest BCUT2D eigenvalue weighted by Gasteiger charge is 2.07. The fourth-order valence-corrected chi connectivity index (χ4v) is 2.46. The molecule has 1 aromatic rings. The third-order valence-corrected chi connectivity index (χ3v) is 3.66. The minimum atomic E-state index is 1.01. The smallest absolute Gasteiger partial charge is 0.0233 e. The van der Waals surface area contributed by atoms with Gasteiger partial charge in [0.15, 0.2) is 0 Å². The number of nitrogens with zero attached hydrogens (tertiary/aromatic N) is 1. The molecule has 0 aromatic heterocycles. The molecule has 2 heteroatoms. The van der Waals surface area contributed by atoms with Crippen LogP contribution in [0.4, 0.5) is 0 Å². The van der Waals surface area contributed by atoms with Gasteiger partial charge >= 0.3 is 0 Å². The van der Waals surface area contributed by atoms with Crippen LogP contribution in [0, 0.1) is 0 Å². The topological polar surface area (TPSA) is 15.3 Å². The van der Waals surface area contributed by atoms with Gasteiger partial charge in [-0.3, -0.25) is 4.90 Å². The quantitative estimate of drug-likeness (QED) is 0.857. The lowest BCUT2D eigenvalue weighted by atomic mass is 9.98. The van der Waals surface area contributed by atoms with Crippen LogP contribution in [0.25, 0.3) is 5.57 Å². The minimum absolute atomic E-state index is 1.01. The van der Waals surface area contributed by atoms with Gasteiger partial charge in [-0.2, -0.15) is 0 Å². The van der Waals surface area contributed by atoms with E-state index in [1.165, 1.54) is 16.7 Å². The van der Waals surface area contributed by atoms with Crippen molar-refractivity contribution in [1.82, 2.24) is 10.2 Å². The van der Waals surface area contributed by atoms with Gasteiger partial charge in [0.2, 0.25) is 0 Å². The van der Waals surface area contributed by atoms with Crippen LogP contribution in [0.2, 0.25) is 0 Å². The number of benzene rings is 1. The first-order chi connectivity index (χ1) is 8.83. The Morgan fingerprint density at radius 3 is 2.72 bits per heavy atom. The van der Waals surface area contributed by atoms with E-state index < -0.39 is 0 Å². The van der Waals surface area contributed by atoms with Gasteiger partial charge in [0.1, 0.15) is 0 Å². The molecule has 0 spiro atoms. The van der Waals surface area contributed by atoms with Crippen molar-refractivity contribution in [3.63, 3.8) is 0 Å². The highest BCUT2D eigenvalue weighted by atomic mass is 15.1. The Bertz CT molecular complexity index is 405. The van der Waals surface area contributed by atoms with Crippen molar-refractivity contribution in [2.24, 2.45) is 0 Å². The highest BCUT2D eigenvalue weighted by molar-refractivity contribution is 5.67. The summed E-state index contributed by atoms with van der Waals surface area (Å²) in [5.74, 6) is 0. The third kappa shape index (κ3) is 3.44. The van der Waals surface area contributed by atoms with E-state index in [0.29, 0.717) is 0 Å². The van der Waals surface area contributed by atoms with E-state index in [2.05, 4.69) is 54.4 Å². The van der Waals surface area contributed by atoms with Crippen LogP contribution in [-0.2, 0) is 6.54 Å². The first kappa shape index (κ1) is 13.3.